The second-order valence-corrected chi connectivity index (χ2v) is 20.6. The molecule has 0 aliphatic heterocycles. The van der Waals surface area contributed by atoms with Crippen molar-refractivity contribution >= 4 is 71.7 Å². The van der Waals surface area contributed by atoms with Gasteiger partial charge in [0.1, 0.15) is 22.3 Å². The maximum Gasteiger partial charge on any atom is 0.143 e. The van der Waals surface area contributed by atoms with Crippen LogP contribution in [0.25, 0.3) is 99.2 Å². The van der Waals surface area contributed by atoms with Gasteiger partial charge in [-0.15, -0.1) is 0 Å². The molecule has 0 spiro atoms. The van der Waals surface area contributed by atoms with Gasteiger partial charge in [-0.05, 0) is 121 Å². The van der Waals surface area contributed by atoms with Crippen molar-refractivity contribution in [3.63, 3.8) is 0 Å². The van der Waals surface area contributed by atoms with E-state index in [-0.39, 0.29) is 10.8 Å². The van der Waals surface area contributed by atoms with Crippen molar-refractivity contribution in [2.45, 2.75) is 52.4 Å². The Morgan fingerprint density at radius 2 is 0.855 bits per heavy atom. The summed E-state index contributed by atoms with van der Waals surface area (Å²) in [6, 6.07) is 77.2. The van der Waals surface area contributed by atoms with E-state index < -0.39 is 0 Å². The molecule has 0 unspecified atom stereocenters. The summed E-state index contributed by atoms with van der Waals surface area (Å²) in [4.78, 5) is 2.43. The first kappa shape index (κ1) is 42.2. The van der Waals surface area contributed by atoms with E-state index in [1.54, 1.807) is 0 Å². The summed E-state index contributed by atoms with van der Waals surface area (Å²) < 4.78 is 13.0. The summed E-state index contributed by atoms with van der Waals surface area (Å²) in [7, 11) is 0. The van der Waals surface area contributed by atoms with Crippen LogP contribution in [0.3, 0.4) is 0 Å². The predicted octanol–water partition coefficient (Wildman–Crippen LogP) is 19.4. The molecule has 0 N–H and O–H groups in total. The molecule has 334 valence electrons. The van der Waals surface area contributed by atoms with E-state index in [2.05, 4.69) is 241 Å². The Balaban J connectivity index is 1.07. The second-order valence-electron chi connectivity index (χ2n) is 20.6. The summed E-state index contributed by atoms with van der Waals surface area (Å²) in [5.74, 6) is 0. The van der Waals surface area contributed by atoms with Crippen LogP contribution >= 0.6 is 0 Å². The van der Waals surface area contributed by atoms with Crippen molar-refractivity contribution in [1.29, 1.82) is 0 Å². The molecule has 0 amide bonds. The van der Waals surface area contributed by atoms with E-state index in [4.69, 9.17) is 8.83 Å². The van der Waals surface area contributed by atoms with Gasteiger partial charge in [0.25, 0.3) is 0 Å². The van der Waals surface area contributed by atoms with Gasteiger partial charge in [-0.25, -0.2) is 0 Å². The van der Waals surface area contributed by atoms with Crippen molar-refractivity contribution in [3.8, 4) is 44.5 Å². The minimum absolute atomic E-state index is 0.0205. The van der Waals surface area contributed by atoms with Crippen LogP contribution in [0.15, 0.2) is 221 Å². The lowest BCUT2D eigenvalue weighted by Crippen LogP contribution is -2.16. The van der Waals surface area contributed by atoms with Crippen LogP contribution in [-0.2, 0) is 10.8 Å². The molecule has 0 aliphatic rings. The summed E-state index contributed by atoms with van der Waals surface area (Å²) in [6.45, 7) is 13.9. The number of rotatable bonds is 7. The lowest BCUT2D eigenvalue weighted by molar-refractivity contribution is 0.569. The van der Waals surface area contributed by atoms with Crippen molar-refractivity contribution in [1.82, 2.24) is 0 Å². The van der Waals surface area contributed by atoms with Crippen LogP contribution < -0.4 is 4.90 Å². The first-order valence-corrected chi connectivity index (χ1v) is 24.1. The number of nitrogens with zero attached hydrogens (tertiary/aromatic N) is 1. The summed E-state index contributed by atoms with van der Waals surface area (Å²) in [6.07, 6.45) is 0. The predicted molar refractivity (Wildman–Crippen MR) is 292 cm³/mol. The number of para-hydroxylation sites is 4. The fourth-order valence-corrected chi connectivity index (χ4v) is 10.3. The van der Waals surface area contributed by atoms with Gasteiger partial charge in [-0.3, -0.25) is 0 Å². The Kier molecular flexibility index (Phi) is 9.97. The molecule has 0 aliphatic carbocycles. The zero-order valence-electron chi connectivity index (χ0n) is 40.0. The summed E-state index contributed by atoms with van der Waals surface area (Å²) in [5, 5.41) is 6.91. The van der Waals surface area contributed by atoms with Gasteiger partial charge in [-0.1, -0.05) is 199 Å². The lowest BCUT2D eigenvalue weighted by atomic mass is 9.78. The highest BCUT2D eigenvalue weighted by molar-refractivity contribution is 6.11. The van der Waals surface area contributed by atoms with Crippen molar-refractivity contribution in [3.05, 3.63) is 223 Å². The molecule has 0 fully saturated rings. The Labute approximate surface area is 403 Å². The Morgan fingerprint density at radius 1 is 0.333 bits per heavy atom. The molecule has 2 aromatic heterocycles. The molecular weight excluding hydrogens is 839 g/mol. The first-order chi connectivity index (χ1) is 33.5. The first-order valence-electron chi connectivity index (χ1n) is 24.1. The van der Waals surface area contributed by atoms with Crippen LogP contribution in [0.5, 0.6) is 0 Å². The van der Waals surface area contributed by atoms with Crippen LogP contribution in [0, 0.1) is 0 Å². The zero-order chi connectivity index (χ0) is 47.0. The molecule has 2 heterocycles. The average molecular weight is 892 g/mol. The third-order valence-corrected chi connectivity index (χ3v) is 14.0. The average Bonchev–Trinajstić information content (AvgIpc) is 3.94. The smallest absolute Gasteiger partial charge is 0.143 e. The van der Waals surface area contributed by atoms with Crippen molar-refractivity contribution in [2.75, 3.05) is 4.90 Å². The third-order valence-electron chi connectivity index (χ3n) is 14.0. The largest absolute Gasteiger partial charge is 0.456 e. The molecule has 69 heavy (non-hydrogen) atoms. The molecule has 0 bridgehead atoms. The quantitative estimate of drug-likeness (QED) is 0.160. The molecule has 12 rings (SSSR count). The molecule has 10 aromatic carbocycles. The second kappa shape index (κ2) is 16.3. The molecule has 3 nitrogen and oxygen atoms in total. The van der Waals surface area contributed by atoms with Gasteiger partial charge < -0.3 is 13.7 Å². The minimum atomic E-state index is -0.0205. The highest BCUT2D eigenvalue weighted by atomic mass is 16.3. The van der Waals surface area contributed by atoms with Crippen LogP contribution in [-0.4, -0.2) is 0 Å². The Morgan fingerprint density at radius 3 is 1.58 bits per heavy atom. The van der Waals surface area contributed by atoms with Gasteiger partial charge in [0.2, 0.25) is 0 Å². The van der Waals surface area contributed by atoms with Gasteiger partial charge in [-0.2, -0.15) is 0 Å². The van der Waals surface area contributed by atoms with E-state index in [1.807, 2.05) is 18.2 Å². The number of furan rings is 2. The molecule has 3 heteroatoms. The lowest BCUT2D eigenvalue weighted by Gasteiger charge is -2.29. The molecule has 0 radical (unpaired) electrons. The molecule has 0 saturated carbocycles. The zero-order valence-corrected chi connectivity index (χ0v) is 40.0. The summed E-state index contributed by atoms with van der Waals surface area (Å²) >= 11 is 0. The van der Waals surface area contributed by atoms with E-state index in [9.17, 15) is 0 Å². The SMILES string of the molecule is CC(C)(C)c1cc(-c2cccc3cccc(-c4ccccc4N(c4cccc(-c5ccc6c(c5)oc5ccccc56)c4)c4cccc(-c5cccc6c5oc5ccccc56)c4)c23)cc(C(C)(C)C)c1. The maximum absolute atomic E-state index is 6.62. The van der Waals surface area contributed by atoms with Gasteiger partial charge in [0.05, 0.1) is 5.69 Å². The van der Waals surface area contributed by atoms with Crippen molar-refractivity contribution in [2.24, 2.45) is 0 Å². The van der Waals surface area contributed by atoms with Gasteiger partial charge in [0.15, 0.2) is 0 Å². The Hall–Kier alpha value is -8.14. The number of benzene rings is 10. The van der Waals surface area contributed by atoms with E-state index >= 15 is 0 Å². The fourth-order valence-electron chi connectivity index (χ4n) is 10.3. The normalized spacial score (nSPS) is 12.2. The molecule has 12 aromatic rings. The number of fused-ring (bicyclic) bond motifs is 7. The van der Waals surface area contributed by atoms with Crippen molar-refractivity contribution < 1.29 is 8.83 Å². The fraction of sp³-hybridized carbons (Fsp3) is 0.121. The number of anilines is 3. The van der Waals surface area contributed by atoms with Crippen LogP contribution in [0.4, 0.5) is 17.1 Å². The van der Waals surface area contributed by atoms with Crippen LogP contribution in [0.2, 0.25) is 0 Å². The number of hydrogen-bond donors (Lipinski definition) is 0. The van der Waals surface area contributed by atoms with Gasteiger partial charge in [0, 0.05) is 44.0 Å². The number of hydrogen-bond acceptors (Lipinski definition) is 3. The molecular formula is C66H53NO2. The van der Waals surface area contributed by atoms with Gasteiger partial charge >= 0.3 is 0 Å². The minimum Gasteiger partial charge on any atom is -0.456 e. The standard InChI is InChI=1S/C66H53NO2/c1-65(2,3)47-36-46(37-48(41-47)66(4,5)6)51-27-15-18-42-19-16-29-57(63(42)51)53-24-7-10-31-59(53)67(49-22-13-20-43(38-49)44-34-35-56-54-25-8-11-32-60(54)68-62(56)40-44)50-23-14-21-45(39-50)52-28-17-30-58-55-26-9-12-33-61(55)69-64(52)58/h7-41H,1-6H3. The van der Waals surface area contributed by atoms with Crippen LogP contribution in [0.1, 0.15) is 52.7 Å². The monoisotopic (exact) mass is 891 g/mol. The molecule has 0 saturated heterocycles. The summed E-state index contributed by atoms with van der Waals surface area (Å²) in [5.41, 5.74) is 18.4. The Bertz CT molecular complexity index is 3910. The third kappa shape index (κ3) is 7.46. The topological polar surface area (TPSA) is 29.5 Å². The molecule has 0 atom stereocenters. The van der Waals surface area contributed by atoms with E-state index in [1.165, 1.54) is 38.6 Å². The highest BCUT2D eigenvalue weighted by Gasteiger charge is 2.25. The van der Waals surface area contributed by atoms with E-state index in [0.29, 0.717) is 0 Å². The maximum atomic E-state index is 6.62. The highest BCUT2D eigenvalue weighted by Crippen LogP contribution is 2.47. The van der Waals surface area contributed by atoms with E-state index in [0.717, 1.165) is 88.8 Å².